The molecule has 172 valence electrons. The SMILES string of the molecule is O=C(Nc1ccccc1OC(F)(F)F)N1CCN(c2cc(Nc3ccccn3)ncn2)CC1. The van der Waals surface area contributed by atoms with Gasteiger partial charge in [-0.05, 0) is 24.3 Å². The number of para-hydroxylation sites is 2. The number of rotatable bonds is 5. The van der Waals surface area contributed by atoms with Crippen molar-refractivity contribution in [1.82, 2.24) is 19.9 Å². The molecule has 1 aliphatic heterocycles. The highest BCUT2D eigenvalue weighted by Gasteiger charge is 2.32. The van der Waals surface area contributed by atoms with Crippen molar-refractivity contribution in [3.05, 3.63) is 61.1 Å². The van der Waals surface area contributed by atoms with Crippen molar-refractivity contribution in [2.24, 2.45) is 0 Å². The third kappa shape index (κ3) is 5.99. The van der Waals surface area contributed by atoms with Crippen LogP contribution in [-0.2, 0) is 0 Å². The Morgan fingerprint density at radius 1 is 0.939 bits per heavy atom. The number of hydrogen-bond acceptors (Lipinski definition) is 7. The van der Waals surface area contributed by atoms with Gasteiger partial charge in [0.15, 0.2) is 5.75 Å². The van der Waals surface area contributed by atoms with Crippen molar-refractivity contribution in [3.8, 4) is 5.75 Å². The predicted molar refractivity (Wildman–Crippen MR) is 115 cm³/mol. The number of anilines is 4. The summed E-state index contributed by atoms with van der Waals surface area (Å²) >= 11 is 0. The van der Waals surface area contributed by atoms with Crippen molar-refractivity contribution in [2.45, 2.75) is 6.36 Å². The van der Waals surface area contributed by atoms with Gasteiger partial charge in [0.1, 0.15) is 23.8 Å². The van der Waals surface area contributed by atoms with Crippen LogP contribution in [-0.4, -0.2) is 58.4 Å². The molecule has 0 saturated carbocycles. The minimum atomic E-state index is -4.85. The third-order valence-corrected chi connectivity index (χ3v) is 4.82. The van der Waals surface area contributed by atoms with Crippen molar-refractivity contribution in [2.75, 3.05) is 41.7 Å². The van der Waals surface area contributed by atoms with Crippen LogP contribution < -0.4 is 20.3 Å². The summed E-state index contributed by atoms with van der Waals surface area (Å²) in [5.74, 6) is 1.46. The summed E-state index contributed by atoms with van der Waals surface area (Å²) in [6, 6.07) is 12.2. The summed E-state index contributed by atoms with van der Waals surface area (Å²) in [5.41, 5.74) is -0.0525. The smallest absolute Gasteiger partial charge is 0.404 e. The molecule has 33 heavy (non-hydrogen) atoms. The monoisotopic (exact) mass is 459 g/mol. The maximum absolute atomic E-state index is 12.6. The first-order valence-corrected chi connectivity index (χ1v) is 10.0. The number of pyridine rings is 1. The number of urea groups is 1. The Kier molecular flexibility index (Phi) is 6.43. The van der Waals surface area contributed by atoms with Crippen LogP contribution in [0.1, 0.15) is 0 Å². The number of halogens is 3. The van der Waals surface area contributed by atoms with E-state index in [-0.39, 0.29) is 5.69 Å². The highest BCUT2D eigenvalue weighted by Crippen LogP contribution is 2.30. The minimum Gasteiger partial charge on any atom is -0.404 e. The van der Waals surface area contributed by atoms with E-state index in [9.17, 15) is 18.0 Å². The molecule has 0 radical (unpaired) electrons. The van der Waals surface area contributed by atoms with Gasteiger partial charge < -0.3 is 25.2 Å². The molecule has 0 unspecified atom stereocenters. The zero-order chi connectivity index (χ0) is 23.3. The Hall–Kier alpha value is -4.09. The normalized spacial score (nSPS) is 14.0. The van der Waals surface area contributed by atoms with E-state index in [2.05, 4.69) is 30.3 Å². The molecule has 1 aromatic carbocycles. The average molecular weight is 459 g/mol. The Morgan fingerprint density at radius 2 is 1.70 bits per heavy atom. The fourth-order valence-corrected chi connectivity index (χ4v) is 3.27. The van der Waals surface area contributed by atoms with E-state index in [1.165, 1.54) is 29.4 Å². The number of piperazine rings is 1. The van der Waals surface area contributed by atoms with Crippen LogP contribution >= 0.6 is 0 Å². The quantitative estimate of drug-likeness (QED) is 0.598. The first-order chi connectivity index (χ1) is 15.9. The van der Waals surface area contributed by atoms with Gasteiger partial charge in [0, 0.05) is 38.4 Å². The van der Waals surface area contributed by atoms with Crippen LogP contribution in [0, 0.1) is 0 Å². The van der Waals surface area contributed by atoms with Crippen LogP contribution in [0.2, 0.25) is 0 Å². The number of carbonyl (C=O) groups excluding carboxylic acids is 1. The molecular formula is C21H20F3N7O2. The van der Waals surface area contributed by atoms with Gasteiger partial charge in [0.05, 0.1) is 5.69 Å². The second kappa shape index (κ2) is 9.59. The van der Waals surface area contributed by atoms with E-state index in [1.807, 2.05) is 23.1 Å². The first kappa shape index (κ1) is 22.1. The molecular weight excluding hydrogens is 439 g/mol. The summed E-state index contributed by atoms with van der Waals surface area (Å²) < 4.78 is 41.8. The van der Waals surface area contributed by atoms with Gasteiger partial charge in [-0.15, -0.1) is 13.2 Å². The topological polar surface area (TPSA) is 95.5 Å². The molecule has 2 amide bonds. The molecule has 9 nitrogen and oxygen atoms in total. The average Bonchev–Trinajstić information content (AvgIpc) is 2.80. The second-order valence-electron chi connectivity index (χ2n) is 7.05. The van der Waals surface area contributed by atoms with E-state index in [0.717, 1.165) is 6.07 Å². The molecule has 3 heterocycles. The van der Waals surface area contributed by atoms with Crippen LogP contribution in [0.25, 0.3) is 0 Å². The maximum atomic E-state index is 12.6. The van der Waals surface area contributed by atoms with E-state index < -0.39 is 18.1 Å². The molecule has 2 N–H and O–H groups in total. The number of nitrogens with one attached hydrogen (secondary N) is 2. The lowest BCUT2D eigenvalue weighted by Gasteiger charge is -2.35. The number of amides is 2. The van der Waals surface area contributed by atoms with Gasteiger partial charge in [0.25, 0.3) is 0 Å². The maximum Gasteiger partial charge on any atom is 0.573 e. The lowest BCUT2D eigenvalue weighted by molar-refractivity contribution is -0.274. The fraction of sp³-hybridized carbons (Fsp3) is 0.238. The minimum absolute atomic E-state index is 0.0525. The van der Waals surface area contributed by atoms with Crippen LogP contribution in [0.3, 0.4) is 0 Å². The molecule has 1 fully saturated rings. The standard InChI is InChI=1S/C21H20F3N7O2/c22-21(23,24)33-16-6-2-1-5-15(16)28-20(32)31-11-9-30(10-12-31)19-13-18(26-14-27-19)29-17-7-3-4-8-25-17/h1-8,13-14H,9-12H2,(H,28,32)(H,25,26,27,29). The number of alkyl halides is 3. The molecule has 0 spiro atoms. The van der Waals surface area contributed by atoms with Crippen molar-refractivity contribution in [1.29, 1.82) is 0 Å². The van der Waals surface area contributed by atoms with Gasteiger partial charge in [-0.2, -0.15) is 0 Å². The van der Waals surface area contributed by atoms with Gasteiger partial charge >= 0.3 is 12.4 Å². The number of ether oxygens (including phenoxy) is 1. The molecule has 4 rings (SSSR count). The van der Waals surface area contributed by atoms with Crippen molar-refractivity contribution < 1.29 is 22.7 Å². The van der Waals surface area contributed by atoms with E-state index in [4.69, 9.17) is 0 Å². The summed E-state index contributed by atoms with van der Waals surface area (Å²) in [6.07, 6.45) is -1.74. The molecule has 3 aromatic rings. The lowest BCUT2D eigenvalue weighted by Crippen LogP contribution is -2.50. The van der Waals surface area contributed by atoms with E-state index in [1.54, 1.807) is 12.3 Å². The first-order valence-electron chi connectivity index (χ1n) is 10.0. The Balaban J connectivity index is 1.35. The molecule has 1 saturated heterocycles. The zero-order valence-electron chi connectivity index (χ0n) is 17.3. The van der Waals surface area contributed by atoms with Crippen LogP contribution in [0.15, 0.2) is 61.1 Å². The van der Waals surface area contributed by atoms with Crippen LogP contribution in [0.5, 0.6) is 5.75 Å². The summed E-state index contributed by atoms with van der Waals surface area (Å²) in [5, 5.41) is 5.60. The van der Waals surface area contributed by atoms with Gasteiger partial charge in [-0.25, -0.2) is 19.7 Å². The zero-order valence-corrected chi connectivity index (χ0v) is 17.3. The van der Waals surface area contributed by atoms with E-state index >= 15 is 0 Å². The summed E-state index contributed by atoms with van der Waals surface area (Å²) in [4.78, 5) is 28.8. The Labute approximate surface area is 187 Å². The Bertz CT molecular complexity index is 1090. The Morgan fingerprint density at radius 3 is 2.42 bits per heavy atom. The molecule has 0 atom stereocenters. The van der Waals surface area contributed by atoms with Crippen molar-refractivity contribution in [3.63, 3.8) is 0 Å². The highest BCUT2D eigenvalue weighted by molar-refractivity contribution is 5.91. The lowest BCUT2D eigenvalue weighted by atomic mass is 10.3. The fourth-order valence-electron chi connectivity index (χ4n) is 3.27. The highest BCUT2D eigenvalue weighted by atomic mass is 19.4. The molecule has 0 aliphatic carbocycles. The number of nitrogens with zero attached hydrogens (tertiary/aromatic N) is 5. The number of hydrogen-bond donors (Lipinski definition) is 2. The van der Waals surface area contributed by atoms with Crippen molar-refractivity contribution >= 4 is 29.2 Å². The molecule has 12 heteroatoms. The summed E-state index contributed by atoms with van der Waals surface area (Å²) in [6.45, 7) is 1.71. The number of benzene rings is 1. The molecule has 0 bridgehead atoms. The van der Waals surface area contributed by atoms with Gasteiger partial charge in [-0.3, -0.25) is 0 Å². The van der Waals surface area contributed by atoms with Gasteiger partial charge in [-0.1, -0.05) is 18.2 Å². The number of carbonyl (C=O) groups is 1. The predicted octanol–water partition coefficient (Wildman–Crippen LogP) is 3.87. The summed E-state index contributed by atoms with van der Waals surface area (Å²) in [7, 11) is 0. The molecule has 1 aliphatic rings. The number of aromatic nitrogens is 3. The van der Waals surface area contributed by atoms with E-state index in [0.29, 0.717) is 43.6 Å². The van der Waals surface area contributed by atoms with Gasteiger partial charge in [0.2, 0.25) is 0 Å². The second-order valence-corrected chi connectivity index (χ2v) is 7.05. The largest absolute Gasteiger partial charge is 0.573 e. The molecule has 2 aromatic heterocycles. The third-order valence-electron chi connectivity index (χ3n) is 4.82. The van der Waals surface area contributed by atoms with Crippen LogP contribution in [0.4, 0.5) is 41.1 Å².